The molecule has 1 fully saturated rings. The maximum absolute atomic E-state index is 14.0. The molecule has 0 bridgehead atoms. The zero-order chi connectivity index (χ0) is 22.8. The second-order valence-electron chi connectivity index (χ2n) is 7.64. The van der Waals surface area contributed by atoms with Crippen LogP contribution in [0.25, 0.3) is 11.0 Å². The molecule has 2 aromatic heterocycles. The molecular weight excluding hydrogens is 425 g/mol. The number of alkyl halides is 2. The van der Waals surface area contributed by atoms with Gasteiger partial charge in [0, 0.05) is 12.2 Å². The largest absolute Gasteiger partial charge is 0.452 e. The van der Waals surface area contributed by atoms with Gasteiger partial charge < -0.3 is 10.1 Å². The molecule has 0 radical (unpaired) electrons. The third-order valence-electron chi connectivity index (χ3n) is 5.51. The van der Waals surface area contributed by atoms with Crippen LogP contribution in [-0.2, 0) is 11.3 Å². The first-order chi connectivity index (χ1) is 15.3. The fourth-order valence-electron chi connectivity index (χ4n) is 3.89. The Kier molecular flexibility index (Phi) is 6.28. The molecule has 3 heterocycles. The number of hydrogen-bond donors (Lipinski definition) is 3. The molecule has 4 N–H and O–H groups in total. The first-order valence-electron chi connectivity index (χ1n) is 10.2. The molecule has 1 aliphatic heterocycles. The number of nitrogens with zero attached hydrogens (tertiary/aromatic N) is 3. The number of pyridine rings is 1. The van der Waals surface area contributed by atoms with E-state index in [2.05, 4.69) is 15.0 Å². The predicted molar refractivity (Wildman–Crippen MR) is 113 cm³/mol. The van der Waals surface area contributed by atoms with E-state index in [1.807, 2.05) is 0 Å². The highest BCUT2D eigenvalue weighted by molar-refractivity contribution is 5.91. The number of aromatic nitrogens is 3. The lowest BCUT2D eigenvalue weighted by molar-refractivity contribution is 0.00820. The number of benzene rings is 1. The number of imidazole rings is 1. The fraction of sp³-hybridized carbons (Fsp3) is 0.381. The number of nitrogens with one attached hydrogen (secondary N) is 2. The molecule has 1 saturated heterocycles. The van der Waals surface area contributed by atoms with Gasteiger partial charge in [0.1, 0.15) is 5.82 Å². The topological polar surface area (TPSA) is 111 Å². The average Bonchev–Trinajstić information content (AvgIpc) is 3.05. The molecule has 8 nitrogen and oxygen atoms in total. The Hall–Kier alpha value is -3.18. The van der Waals surface area contributed by atoms with Crippen LogP contribution in [0.3, 0.4) is 0 Å². The van der Waals surface area contributed by atoms with Gasteiger partial charge in [-0.25, -0.2) is 18.0 Å². The van der Waals surface area contributed by atoms with E-state index in [4.69, 9.17) is 11.1 Å². The van der Waals surface area contributed by atoms with E-state index < -0.39 is 24.4 Å². The number of rotatable bonds is 6. The number of halogens is 3. The quantitative estimate of drug-likeness (QED) is 0.304. The summed E-state index contributed by atoms with van der Waals surface area (Å²) in [4.78, 5) is 17.5. The highest BCUT2D eigenvalue weighted by Crippen LogP contribution is 2.24. The molecule has 0 amide bonds. The van der Waals surface area contributed by atoms with Gasteiger partial charge in [0.2, 0.25) is 12.1 Å². The van der Waals surface area contributed by atoms with Crippen LogP contribution < -0.4 is 16.7 Å². The van der Waals surface area contributed by atoms with Crippen molar-refractivity contribution >= 4 is 16.9 Å². The van der Waals surface area contributed by atoms with Crippen molar-refractivity contribution in [3.8, 4) is 0 Å². The van der Waals surface area contributed by atoms with Crippen molar-refractivity contribution in [3.63, 3.8) is 0 Å². The van der Waals surface area contributed by atoms with Crippen LogP contribution in [0.2, 0.25) is 0 Å². The zero-order valence-corrected chi connectivity index (χ0v) is 17.1. The molecule has 11 heteroatoms. The van der Waals surface area contributed by atoms with Crippen LogP contribution in [0.4, 0.5) is 13.2 Å². The third kappa shape index (κ3) is 4.39. The summed E-state index contributed by atoms with van der Waals surface area (Å²) >= 11 is 0. The van der Waals surface area contributed by atoms with Gasteiger partial charge in [0.25, 0.3) is 6.43 Å². The Bertz CT molecular complexity index is 1170. The molecule has 170 valence electrons. The third-order valence-corrected chi connectivity index (χ3v) is 5.51. The maximum Gasteiger partial charge on any atom is 0.329 e. The molecule has 1 atom stereocenters. The van der Waals surface area contributed by atoms with Crippen molar-refractivity contribution in [3.05, 3.63) is 64.1 Å². The van der Waals surface area contributed by atoms with Crippen LogP contribution in [0, 0.1) is 11.2 Å². The summed E-state index contributed by atoms with van der Waals surface area (Å²) in [6.07, 6.45) is -1.95. The Morgan fingerprint density at radius 3 is 2.66 bits per heavy atom. The van der Waals surface area contributed by atoms with Gasteiger partial charge in [-0.1, -0.05) is 0 Å². The molecule has 1 unspecified atom stereocenters. The molecule has 1 aliphatic rings. The molecule has 4 rings (SSSR count). The lowest BCUT2D eigenvalue weighted by Gasteiger charge is -2.23. The summed E-state index contributed by atoms with van der Waals surface area (Å²) in [6, 6.07) is 7.34. The summed E-state index contributed by atoms with van der Waals surface area (Å²) < 4.78 is 46.9. The molecule has 3 aromatic rings. The lowest BCUT2D eigenvalue weighted by atomic mass is 10.1. The molecular formula is C21H23F3N6O2. The Morgan fingerprint density at radius 1 is 1.25 bits per heavy atom. The molecule has 1 aromatic carbocycles. The van der Waals surface area contributed by atoms with E-state index in [1.165, 1.54) is 29.0 Å². The van der Waals surface area contributed by atoms with Gasteiger partial charge in [-0.05, 0) is 56.3 Å². The van der Waals surface area contributed by atoms with Crippen molar-refractivity contribution in [2.24, 2.45) is 5.73 Å². The van der Waals surface area contributed by atoms with Crippen LogP contribution >= 0.6 is 0 Å². The van der Waals surface area contributed by atoms with Crippen molar-refractivity contribution < 1.29 is 17.9 Å². The van der Waals surface area contributed by atoms with Crippen LogP contribution in [0.15, 0.2) is 41.3 Å². The molecule has 0 aliphatic carbocycles. The van der Waals surface area contributed by atoms with Gasteiger partial charge in [-0.15, -0.1) is 0 Å². The van der Waals surface area contributed by atoms with E-state index in [9.17, 15) is 18.0 Å². The Balaban J connectivity index is 1.63. The van der Waals surface area contributed by atoms with Gasteiger partial charge in [-0.3, -0.25) is 25.3 Å². The van der Waals surface area contributed by atoms with Gasteiger partial charge in [0.05, 0.1) is 28.8 Å². The van der Waals surface area contributed by atoms with Gasteiger partial charge >= 0.3 is 5.69 Å². The molecule has 0 spiro atoms. The first kappa shape index (κ1) is 22.0. The summed E-state index contributed by atoms with van der Waals surface area (Å²) in [6.45, 7) is 1.69. The number of fused-ring (bicyclic) bond motifs is 1. The minimum absolute atomic E-state index is 0.0185. The van der Waals surface area contributed by atoms with Crippen LogP contribution in [0.5, 0.6) is 0 Å². The monoisotopic (exact) mass is 448 g/mol. The maximum atomic E-state index is 14.0. The van der Waals surface area contributed by atoms with Crippen molar-refractivity contribution in [1.29, 1.82) is 5.41 Å². The minimum atomic E-state index is -2.92. The Labute approximate surface area is 181 Å². The van der Waals surface area contributed by atoms with Crippen molar-refractivity contribution in [2.75, 3.05) is 13.1 Å². The summed E-state index contributed by atoms with van der Waals surface area (Å²) in [5.41, 5.74) is 6.66. The van der Waals surface area contributed by atoms with E-state index in [0.717, 1.165) is 25.9 Å². The SMILES string of the molecule is N=C(OC(N)C(F)F)c1ccc(Cn2c(=O)n(C3CCNCC3)c3ccc(F)cc32)nc1. The minimum Gasteiger partial charge on any atom is -0.452 e. The highest BCUT2D eigenvalue weighted by atomic mass is 19.3. The van der Waals surface area contributed by atoms with Gasteiger partial charge in [0.15, 0.2) is 0 Å². The standard InChI is InChI=1S/C21H23F3N6O2/c22-13-2-4-16-17(9-13)29(21(31)30(16)15-5-7-27-8-6-15)11-14-3-1-12(10-28-14)19(25)32-20(26)18(23)24/h1-4,9-10,15,18,20,25,27H,5-8,11,26H2. The summed E-state index contributed by atoms with van der Waals surface area (Å²) in [5, 5.41) is 11.0. The van der Waals surface area contributed by atoms with Crippen molar-refractivity contribution in [2.45, 2.75) is 38.1 Å². The van der Waals surface area contributed by atoms with Crippen LogP contribution in [0.1, 0.15) is 30.1 Å². The second-order valence-corrected chi connectivity index (χ2v) is 7.64. The average molecular weight is 448 g/mol. The highest BCUT2D eigenvalue weighted by Gasteiger charge is 2.23. The molecule has 0 saturated carbocycles. The van der Waals surface area contributed by atoms with Crippen molar-refractivity contribution in [1.82, 2.24) is 19.4 Å². The number of nitrogens with two attached hydrogens (primary N) is 1. The van der Waals surface area contributed by atoms with E-state index >= 15 is 0 Å². The zero-order valence-electron chi connectivity index (χ0n) is 17.1. The van der Waals surface area contributed by atoms with Gasteiger partial charge in [-0.2, -0.15) is 0 Å². The lowest BCUT2D eigenvalue weighted by Crippen LogP contribution is -2.35. The van der Waals surface area contributed by atoms with E-state index in [1.54, 1.807) is 16.7 Å². The summed E-state index contributed by atoms with van der Waals surface area (Å²) in [7, 11) is 0. The van der Waals surface area contributed by atoms with E-state index in [0.29, 0.717) is 16.7 Å². The number of ether oxygens (including phenoxy) is 1. The Morgan fingerprint density at radius 2 is 2.00 bits per heavy atom. The smallest absolute Gasteiger partial charge is 0.329 e. The summed E-state index contributed by atoms with van der Waals surface area (Å²) in [5.74, 6) is -0.975. The number of piperidine rings is 1. The first-order valence-corrected chi connectivity index (χ1v) is 10.2. The second kappa shape index (κ2) is 9.13. The molecule has 32 heavy (non-hydrogen) atoms. The normalized spacial score (nSPS) is 15.9. The van der Waals surface area contributed by atoms with Crippen LogP contribution in [-0.4, -0.2) is 45.8 Å². The fourth-order valence-corrected chi connectivity index (χ4v) is 3.89. The predicted octanol–water partition coefficient (Wildman–Crippen LogP) is 2.20. The van der Waals surface area contributed by atoms with E-state index in [-0.39, 0.29) is 23.8 Å². The number of hydrogen-bond acceptors (Lipinski definition) is 6.